The molecule has 0 aliphatic heterocycles. The molecule has 0 unspecified atom stereocenters. The number of nitrogens with one attached hydrogen (secondary N) is 1. The van der Waals surface area contributed by atoms with Crippen LogP contribution in [0, 0.1) is 11.8 Å². The Bertz CT molecular complexity index is 473. The first-order valence-corrected chi connectivity index (χ1v) is 7.24. The Morgan fingerprint density at radius 2 is 1.75 bits per heavy atom. The average Bonchev–Trinajstić information content (AvgIpc) is 2.48. The molecule has 0 radical (unpaired) electrons. The lowest BCUT2D eigenvalue weighted by atomic mass is 9.80. The van der Waals surface area contributed by atoms with Gasteiger partial charge in [-0.2, -0.15) is 0 Å². The summed E-state index contributed by atoms with van der Waals surface area (Å²) in [6, 6.07) is 6.29. The van der Waals surface area contributed by atoms with E-state index in [0.29, 0.717) is 5.69 Å². The third kappa shape index (κ3) is 3.59. The second kappa shape index (κ2) is 6.55. The average molecular weight is 275 g/mol. The second-order valence-electron chi connectivity index (χ2n) is 5.50. The molecule has 2 rings (SSSR count). The van der Waals surface area contributed by atoms with Crippen LogP contribution in [0.15, 0.2) is 24.3 Å². The molecular weight excluding hydrogens is 254 g/mol. The Morgan fingerprint density at radius 1 is 1.15 bits per heavy atom. The topological polar surface area (TPSA) is 66.4 Å². The summed E-state index contributed by atoms with van der Waals surface area (Å²) in [5.74, 6) is -0.0331. The Balaban J connectivity index is 1.90. The number of carbonyl (C=O) groups is 2. The van der Waals surface area contributed by atoms with Gasteiger partial charge in [0, 0.05) is 11.6 Å². The van der Waals surface area contributed by atoms with Crippen molar-refractivity contribution in [2.45, 2.75) is 39.0 Å². The zero-order valence-electron chi connectivity index (χ0n) is 11.8. The lowest BCUT2D eigenvalue weighted by Crippen LogP contribution is -2.27. The Labute approximate surface area is 119 Å². The van der Waals surface area contributed by atoms with Crippen molar-refractivity contribution in [1.82, 2.24) is 0 Å². The van der Waals surface area contributed by atoms with E-state index < -0.39 is 5.97 Å². The predicted molar refractivity (Wildman–Crippen MR) is 77.8 cm³/mol. The summed E-state index contributed by atoms with van der Waals surface area (Å²) in [6.07, 6.45) is 5.37. The van der Waals surface area contributed by atoms with Gasteiger partial charge in [-0.15, -0.1) is 0 Å². The zero-order chi connectivity index (χ0) is 14.5. The molecule has 1 aromatic carbocycles. The van der Waals surface area contributed by atoms with Gasteiger partial charge in [0.15, 0.2) is 0 Å². The number of aromatic carboxylic acids is 1. The van der Waals surface area contributed by atoms with Crippen LogP contribution in [-0.2, 0) is 4.79 Å². The highest BCUT2D eigenvalue weighted by Gasteiger charge is 2.25. The molecule has 4 heteroatoms. The minimum absolute atomic E-state index is 0.0580. The van der Waals surface area contributed by atoms with Crippen LogP contribution in [0.3, 0.4) is 0 Å². The van der Waals surface area contributed by atoms with Crippen molar-refractivity contribution < 1.29 is 14.7 Å². The number of hydrogen-bond donors (Lipinski definition) is 2. The molecule has 1 aromatic rings. The summed E-state index contributed by atoms with van der Waals surface area (Å²) in [5.41, 5.74) is 0.893. The number of anilines is 1. The number of carboxylic acids is 1. The summed E-state index contributed by atoms with van der Waals surface area (Å²) in [6.45, 7) is 2.20. The van der Waals surface area contributed by atoms with Crippen molar-refractivity contribution in [2.24, 2.45) is 11.8 Å². The van der Waals surface area contributed by atoms with E-state index in [9.17, 15) is 9.59 Å². The maximum atomic E-state index is 12.2. The molecule has 0 heterocycles. The van der Waals surface area contributed by atoms with Gasteiger partial charge in [-0.25, -0.2) is 4.79 Å². The van der Waals surface area contributed by atoms with Gasteiger partial charge in [0.25, 0.3) is 0 Å². The summed E-state index contributed by atoms with van der Waals surface area (Å²) in [7, 11) is 0. The van der Waals surface area contributed by atoms with E-state index in [1.165, 1.54) is 18.6 Å². The maximum Gasteiger partial charge on any atom is 0.335 e. The molecule has 0 aromatic heterocycles. The molecule has 0 bridgehead atoms. The molecule has 108 valence electrons. The summed E-state index contributed by atoms with van der Waals surface area (Å²) in [4.78, 5) is 22.9. The molecule has 1 amide bonds. The minimum atomic E-state index is -0.958. The summed E-state index contributed by atoms with van der Waals surface area (Å²) < 4.78 is 0. The Kier molecular flexibility index (Phi) is 4.77. The molecule has 1 saturated carbocycles. The van der Waals surface area contributed by atoms with Crippen molar-refractivity contribution in [3.63, 3.8) is 0 Å². The Hall–Kier alpha value is -1.84. The van der Waals surface area contributed by atoms with Gasteiger partial charge in [0.2, 0.25) is 5.91 Å². The fourth-order valence-corrected chi connectivity index (χ4v) is 2.77. The molecular formula is C16H21NO3. The summed E-state index contributed by atoms with van der Waals surface area (Å²) in [5, 5.41) is 11.7. The lowest BCUT2D eigenvalue weighted by molar-refractivity contribution is -0.121. The smallest absolute Gasteiger partial charge is 0.335 e. The van der Waals surface area contributed by atoms with Crippen molar-refractivity contribution in [3.8, 4) is 0 Å². The number of rotatable bonds is 4. The van der Waals surface area contributed by atoms with E-state index in [1.54, 1.807) is 12.1 Å². The first kappa shape index (κ1) is 14.6. The van der Waals surface area contributed by atoms with E-state index in [1.807, 2.05) is 0 Å². The van der Waals surface area contributed by atoms with E-state index in [-0.39, 0.29) is 17.4 Å². The molecule has 0 spiro atoms. The van der Waals surface area contributed by atoms with Gasteiger partial charge >= 0.3 is 5.97 Å². The van der Waals surface area contributed by atoms with E-state index >= 15 is 0 Å². The van der Waals surface area contributed by atoms with Crippen LogP contribution >= 0.6 is 0 Å². The van der Waals surface area contributed by atoms with E-state index in [4.69, 9.17) is 5.11 Å². The van der Waals surface area contributed by atoms with Crippen molar-refractivity contribution >= 4 is 17.6 Å². The minimum Gasteiger partial charge on any atom is -0.478 e. The molecule has 1 aliphatic rings. The fourth-order valence-electron chi connectivity index (χ4n) is 2.77. The van der Waals surface area contributed by atoms with Crippen molar-refractivity contribution in [3.05, 3.63) is 29.8 Å². The molecule has 1 aliphatic carbocycles. The normalized spacial score (nSPS) is 22.2. The molecule has 2 N–H and O–H groups in total. The van der Waals surface area contributed by atoms with Gasteiger partial charge in [0.05, 0.1) is 5.56 Å². The van der Waals surface area contributed by atoms with Gasteiger partial charge < -0.3 is 10.4 Å². The second-order valence-corrected chi connectivity index (χ2v) is 5.50. The number of carboxylic acid groups (broad SMARTS) is 1. The predicted octanol–water partition coefficient (Wildman–Crippen LogP) is 3.54. The van der Waals surface area contributed by atoms with Crippen LogP contribution in [-0.4, -0.2) is 17.0 Å². The largest absolute Gasteiger partial charge is 0.478 e. The fraction of sp³-hybridized carbons (Fsp3) is 0.500. The Morgan fingerprint density at radius 3 is 2.25 bits per heavy atom. The molecule has 1 fully saturated rings. The van der Waals surface area contributed by atoms with Crippen molar-refractivity contribution in [1.29, 1.82) is 0 Å². The lowest BCUT2D eigenvalue weighted by Gasteiger charge is -2.26. The van der Waals surface area contributed by atoms with Gasteiger partial charge in [-0.05, 0) is 55.9 Å². The first-order valence-electron chi connectivity index (χ1n) is 7.24. The van der Waals surface area contributed by atoms with Crippen LogP contribution in [0.2, 0.25) is 0 Å². The van der Waals surface area contributed by atoms with E-state index in [2.05, 4.69) is 12.2 Å². The van der Waals surface area contributed by atoms with Crippen LogP contribution in [0.25, 0.3) is 0 Å². The van der Waals surface area contributed by atoms with Gasteiger partial charge in [-0.3, -0.25) is 4.79 Å². The third-order valence-corrected chi connectivity index (χ3v) is 4.19. The van der Waals surface area contributed by atoms with Crippen molar-refractivity contribution in [2.75, 3.05) is 5.32 Å². The number of carbonyl (C=O) groups excluding carboxylic acids is 1. The molecule has 20 heavy (non-hydrogen) atoms. The highest BCUT2D eigenvalue weighted by Crippen LogP contribution is 2.31. The summed E-state index contributed by atoms with van der Waals surface area (Å²) >= 11 is 0. The van der Waals surface area contributed by atoms with Crippen LogP contribution in [0.5, 0.6) is 0 Å². The highest BCUT2D eigenvalue weighted by molar-refractivity contribution is 5.93. The zero-order valence-corrected chi connectivity index (χ0v) is 11.8. The highest BCUT2D eigenvalue weighted by atomic mass is 16.4. The standard InChI is InChI=1S/C16H21NO3/c1-2-11-3-5-12(6-4-11)15(18)17-14-9-7-13(8-10-14)16(19)20/h7-12H,2-6H2,1H3,(H,17,18)(H,19,20). The number of hydrogen-bond acceptors (Lipinski definition) is 2. The van der Waals surface area contributed by atoms with Gasteiger partial charge in [0.1, 0.15) is 0 Å². The van der Waals surface area contributed by atoms with Gasteiger partial charge in [-0.1, -0.05) is 13.3 Å². The molecule has 0 saturated heterocycles. The number of benzene rings is 1. The van der Waals surface area contributed by atoms with Crippen LogP contribution < -0.4 is 5.32 Å². The monoisotopic (exact) mass is 275 g/mol. The van der Waals surface area contributed by atoms with Crippen LogP contribution in [0.1, 0.15) is 49.4 Å². The van der Waals surface area contributed by atoms with Crippen LogP contribution in [0.4, 0.5) is 5.69 Å². The first-order chi connectivity index (χ1) is 9.60. The number of amides is 1. The maximum absolute atomic E-state index is 12.2. The van der Waals surface area contributed by atoms with E-state index in [0.717, 1.165) is 31.6 Å². The quantitative estimate of drug-likeness (QED) is 0.883. The molecule has 0 atom stereocenters. The SMILES string of the molecule is CCC1CCC(C(=O)Nc2ccc(C(=O)O)cc2)CC1. The third-order valence-electron chi connectivity index (χ3n) is 4.19. The molecule has 4 nitrogen and oxygen atoms in total.